The van der Waals surface area contributed by atoms with Gasteiger partial charge in [-0.1, -0.05) is 12.1 Å². The van der Waals surface area contributed by atoms with Gasteiger partial charge in [-0.25, -0.2) is 4.98 Å². The highest BCUT2D eigenvalue weighted by molar-refractivity contribution is 5.45. The van der Waals surface area contributed by atoms with Crippen LogP contribution in [-0.2, 0) is 6.54 Å². The standard InChI is InChI=1S/C16H21N3/c1-11-4-5-14(9-17-15-6-7-15)8-16(11)19-10-18-12(2)13(19)3/h4-5,8,10,15,17H,6-7,9H2,1-3H3. The number of hydrogen-bond donors (Lipinski definition) is 1. The molecule has 3 rings (SSSR count). The van der Waals surface area contributed by atoms with E-state index in [1.165, 1.54) is 35.3 Å². The van der Waals surface area contributed by atoms with Gasteiger partial charge in [-0.15, -0.1) is 0 Å². The van der Waals surface area contributed by atoms with E-state index in [-0.39, 0.29) is 0 Å². The summed E-state index contributed by atoms with van der Waals surface area (Å²) in [4.78, 5) is 4.39. The fourth-order valence-corrected chi connectivity index (χ4v) is 2.32. The van der Waals surface area contributed by atoms with Gasteiger partial charge < -0.3 is 9.88 Å². The van der Waals surface area contributed by atoms with E-state index in [9.17, 15) is 0 Å². The second-order valence-corrected chi connectivity index (χ2v) is 5.56. The molecular formula is C16H21N3. The Bertz CT molecular complexity index is 594. The van der Waals surface area contributed by atoms with Crippen molar-refractivity contribution in [1.29, 1.82) is 0 Å². The Hall–Kier alpha value is -1.61. The first-order valence-electron chi connectivity index (χ1n) is 6.99. The van der Waals surface area contributed by atoms with Crippen LogP contribution in [0, 0.1) is 20.8 Å². The number of benzene rings is 1. The summed E-state index contributed by atoms with van der Waals surface area (Å²) < 4.78 is 2.19. The van der Waals surface area contributed by atoms with Crippen molar-refractivity contribution < 1.29 is 0 Å². The summed E-state index contributed by atoms with van der Waals surface area (Å²) in [5.74, 6) is 0. The maximum atomic E-state index is 4.39. The quantitative estimate of drug-likeness (QED) is 0.910. The van der Waals surface area contributed by atoms with Gasteiger partial charge in [0.2, 0.25) is 0 Å². The van der Waals surface area contributed by atoms with Crippen LogP contribution in [0.5, 0.6) is 0 Å². The highest BCUT2D eigenvalue weighted by atomic mass is 15.1. The van der Waals surface area contributed by atoms with Gasteiger partial charge in [0.25, 0.3) is 0 Å². The number of nitrogens with one attached hydrogen (secondary N) is 1. The van der Waals surface area contributed by atoms with Crippen LogP contribution in [0.15, 0.2) is 24.5 Å². The maximum Gasteiger partial charge on any atom is 0.0997 e. The van der Waals surface area contributed by atoms with Crippen molar-refractivity contribution in [3.63, 3.8) is 0 Å². The average Bonchev–Trinajstić information content (AvgIpc) is 3.17. The summed E-state index contributed by atoms with van der Waals surface area (Å²) in [6.45, 7) is 7.30. The summed E-state index contributed by atoms with van der Waals surface area (Å²) in [6.07, 6.45) is 4.59. The molecule has 3 nitrogen and oxygen atoms in total. The molecule has 0 saturated heterocycles. The van der Waals surface area contributed by atoms with E-state index in [2.05, 4.69) is 53.8 Å². The summed E-state index contributed by atoms with van der Waals surface area (Å²) in [7, 11) is 0. The lowest BCUT2D eigenvalue weighted by Gasteiger charge is -2.12. The summed E-state index contributed by atoms with van der Waals surface area (Å²) in [5, 5.41) is 3.57. The lowest BCUT2D eigenvalue weighted by molar-refractivity contribution is 0.687. The van der Waals surface area contributed by atoms with Gasteiger partial charge in [0.1, 0.15) is 0 Å². The predicted molar refractivity (Wildman–Crippen MR) is 77.6 cm³/mol. The number of aromatic nitrogens is 2. The van der Waals surface area contributed by atoms with E-state index in [0.717, 1.165) is 18.3 Å². The van der Waals surface area contributed by atoms with Crippen molar-refractivity contribution in [3.05, 3.63) is 47.0 Å². The second kappa shape index (κ2) is 4.82. The molecule has 0 radical (unpaired) electrons. The number of nitrogens with zero attached hydrogens (tertiary/aromatic N) is 2. The Labute approximate surface area is 114 Å². The lowest BCUT2D eigenvalue weighted by atomic mass is 10.1. The first-order chi connectivity index (χ1) is 9.15. The lowest BCUT2D eigenvalue weighted by Crippen LogP contribution is -2.15. The Morgan fingerprint density at radius 3 is 2.68 bits per heavy atom. The minimum absolute atomic E-state index is 0.752. The molecule has 0 unspecified atom stereocenters. The second-order valence-electron chi connectivity index (χ2n) is 5.56. The predicted octanol–water partition coefficient (Wildman–Crippen LogP) is 3.05. The fraction of sp³-hybridized carbons (Fsp3) is 0.438. The smallest absolute Gasteiger partial charge is 0.0997 e. The first-order valence-corrected chi connectivity index (χ1v) is 6.99. The summed E-state index contributed by atoms with van der Waals surface area (Å²) >= 11 is 0. The molecule has 0 bridgehead atoms. The zero-order valence-corrected chi connectivity index (χ0v) is 11.9. The number of imidazole rings is 1. The molecule has 100 valence electrons. The molecule has 3 heteroatoms. The zero-order chi connectivity index (χ0) is 13.4. The molecule has 0 amide bonds. The van der Waals surface area contributed by atoms with Gasteiger partial charge in [0.05, 0.1) is 12.0 Å². The van der Waals surface area contributed by atoms with E-state index in [1.54, 1.807) is 0 Å². The third kappa shape index (κ3) is 2.56. The van der Waals surface area contributed by atoms with Crippen LogP contribution >= 0.6 is 0 Å². The Balaban J connectivity index is 1.90. The Morgan fingerprint density at radius 1 is 1.26 bits per heavy atom. The van der Waals surface area contributed by atoms with Gasteiger partial charge in [-0.3, -0.25) is 0 Å². The zero-order valence-electron chi connectivity index (χ0n) is 11.9. The van der Waals surface area contributed by atoms with Crippen LogP contribution in [0.3, 0.4) is 0 Å². The topological polar surface area (TPSA) is 29.9 Å². The van der Waals surface area contributed by atoms with Gasteiger partial charge in [0.15, 0.2) is 0 Å². The van der Waals surface area contributed by atoms with Crippen molar-refractivity contribution >= 4 is 0 Å². The van der Waals surface area contributed by atoms with Crippen LogP contribution in [0.1, 0.15) is 35.4 Å². The molecule has 2 aromatic rings. The Morgan fingerprint density at radius 2 is 2.05 bits per heavy atom. The van der Waals surface area contributed by atoms with Crippen LogP contribution in [0.25, 0.3) is 5.69 Å². The molecule has 19 heavy (non-hydrogen) atoms. The van der Waals surface area contributed by atoms with E-state index < -0.39 is 0 Å². The third-order valence-corrected chi connectivity index (χ3v) is 3.96. The van der Waals surface area contributed by atoms with Crippen molar-refractivity contribution in [2.24, 2.45) is 0 Å². The van der Waals surface area contributed by atoms with E-state index in [1.807, 2.05) is 6.33 Å². The molecule has 1 aliphatic rings. The van der Waals surface area contributed by atoms with E-state index in [4.69, 9.17) is 0 Å². The van der Waals surface area contributed by atoms with Gasteiger partial charge in [0, 0.05) is 24.0 Å². The van der Waals surface area contributed by atoms with Crippen LogP contribution < -0.4 is 5.32 Å². The highest BCUT2D eigenvalue weighted by Gasteiger charge is 2.20. The third-order valence-electron chi connectivity index (χ3n) is 3.96. The molecule has 0 aliphatic heterocycles. The molecular weight excluding hydrogens is 234 g/mol. The molecule has 1 aromatic carbocycles. The molecule has 0 spiro atoms. The van der Waals surface area contributed by atoms with Gasteiger partial charge in [-0.2, -0.15) is 0 Å². The first kappa shape index (κ1) is 12.4. The maximum absolute atomic E-state index is 4.39. The van der Waals surface area contributed by atoms with Crippen molar-refractivity contribution in [2.45, 2.75) is 46.2 Å². The van der Waals surface area contributed by atoms with Crippen LogP contribution in [-0.4, -0.2) is 15.6 Å². The normalized spacial score (nSPS) is 14.9. The molecule has 0 atom stereocenters. The van der Waals surface area contributed by atoms with Crippen molar-refractivity contribution in [3.8, 4) is 5.69 Å². The van der Waals surface area contributed by atoms with E-state index in [0.29, 0.717) is 0 Å². The highest BCUT2D eigenvalue weighted by Crippen LogP contribution is 2.22. The fourth-order valence-electron chi connectivity index (χ4n) is 2.32. The summed E-state index contributed by atoms with van der Waals surface area (Å²) in [5.41, 5.74) is 6.19. The molecule has 1 fully saturated rings. The van der Waals surface area contributed by atoms with Gasteiger partial charge >= 0.3 is 0 Å². The molecule has 1 aliphatic carbocycles. The molecule has 1 heterocycles. The van der Waals surface area contributed by atoms with E-state index >= 15 is 0 Å². The SMILES string of the molecule is Cc1ccc(CNC2CC2)cc1-n1cnc(C)c1C. The largest absolute Gasteiger partial charge is 0.310 e. The van der Waals surface area contributed by atoms with Crippen LogP contribution in [0.2, 0.25) is 0 Å². The number of rotatable bonds is 4. The monoisotopic (exact) mass is 255 g/mol. The van der Waals surface area contributed by atoms with Crippen LogP contribution in [0.4, 0.5) is 0 Å². The average molecular weight is 255 g/mol. The van der Waals surface area contributed by atoms with Gasteiger partial charge in [-0.05, 0) is 50.8 Å². The minimum atomic E-state index is 0.752. The van der Waals surface area contributed by atoms with Crippen molar-refractivity contribution in [2.75, 3.05) is 0 Å². The number of hydrogen-bond acceptors (Lipinski definition) is 2. The van der Waals surface area contributed by atoms with Crippen molar-refractivity contribution in [1.82, 2.24) is 14.9 Å². The minimum Gasteiger partial charge on any atom is -0.310 e. The molecule has 1 saturated carbocycles. The number of aryl methyl sites for hydroxylation is 2. The molecule has 1 N–H and O–H groups in total. The Kier molecular flexibility index (Phi) is 3.15. The summed E-state index contributed by atoms with van der Waals surface area (Å²) in [6, 6.07) is 7.45. The molecule has 1 aromatic heterocycles.